The molecule has 2 atom stereocenters. The quantitative estimate of drug-likeness (QED) is 0.226. The van der Waals surface area contributed by atoms with Crippen molar-refractivity contribution in [2.45, 2.75) is 31.9 Å². The van der Waals surface area contributed by atoms with E-state index < -0.39 is 17.7 Å². The third-order valence-electron chi connectivity index (χ3n) is 5.44. The molecule has 0 saturated heterocycles. The van der Waals surface area contributed by atoms with Crippen LogP contribution in [0.4, 0.5) is 8.78 Å². The molecule has 0 saturated carbocycles. The highest BCUT2D eigenvalue weighted by molar-refractivity contribution is 7.11. The van der Waals surface area contributed by atoms with Crippen molar-refractivity contribution in [1.82, 2.24) is 15.8 Å². The fraction of sp³-hybridized carbons (Fsp3) is 0.192. The van der Waals surface area contributed by atoms with Crippen LogP contribution in [0.3, 0.4) is 0 Å². The molecule has 1 heterocycles. The van der Waals surface area contributed by atoms with Gasteiger partial charge in [-0.25, -0.2) is 13.8 Å². The van der Waals surface area contributed by atoms with Crippen molar-refractivity contribution in [2.24, 2.45) is 5.73 Å². The van der Waals surface area contributed by atoms with E-state index >= 15 is 4.39 Å². The molecule has 1 aromatic heterocycles. The summed E-state index contributed by atoms with van der Waals surface area (Å²) in [6.45, 7) is 1.92. The standard InChI is InChI=1S/C26H24F2N4O3S/c1-2-23(33)32-31-17-12-19(26(28,29)22(27)13-17)25-30-20(15-36-25)24(34)18-10-6-7-11-21(18)35-14-16-8-4-3-5-9-16/h3-13,15,22,31H,2,14,29H2,1H3,(H,32,33). The number of hydrogen-bond acceptors (Lipinski definition) is 7. The van der Waals surface area contributed by atoms with E-state index in [1.807, 2.05) is 30.3 Å². The molecule has 1 amide bonds. The van der Waals surface area contributed by atoms with Gasteiger partial charge in [0.05, 0.1) is 11.3 Å². The van der Waals surface area contributed by atoms with E-state index in [0.717, 1.165) is 23.0 Å². The van der Waals surface area contributed by atoms with Crippen molar-refractivity contribution in [3.63, 3.8) is 0 Å². The second kappa shape index (κ2) is 10.8. The van der Waals surface area contributed by atoms with Crippen molar-refractivity contribution in [3.05, 3.63) is 99.7 Å². The molecule has 1 aliphatic carbocycles. The molecule has 10 heteroatoms. The molecule has 186 valence electrons. The zero-order valence-electron chi connectivity index (χ0n) is 19.3. The SMILES string of the molecule is CCC(=O)NNC1=CC(F)C(N)(F)C(c2nc(C(=O)c3ccccc3OCc3ccccc3)cs2)=C1. The van der Waals surface area contributed by atoms with Gasteiger partial charge in [-0.3, -0.25) is 26.2 Å². The first kappa shape index (κ1) is 25.2. The van der Waals surface area contributed by atoms with E-state index in [1.165, 1.54) is 11.5 Å². The van der Waals surface area contributed by atoms with E-state index in [1.54, 1.807) is 31.2 Å². The maximum absolute atomic E-state index is 15.1. The Balaban J connectivity index is 1.57. The minimum atomic E-state index is -2.87. The number of rotatable bonds is 9. The molecule has 7 nitrogen and oxygen atoms in total. The average molecular weight is 511 g/mol. The molecule has 4 rings (SSSR count). The van der Waals surface area contributed by atoms with Gasteiger partial charge in [0.15, 0.2) is 6.17 Å². The second-order valence-electron chi connectivity index (χ2n) is 8.01. The summed E-state index contributed by atoms with van der Waals surface area (Å²) in [5, 5.41) is 1.50. The van der Waals surface area contributed by atoms with Gasteiger partial charge in [0.2, 0.25) is 17.5 Å². The van der Waals surface area contributed by atoms with E-state index in [0.29, 0.717) is 5.75 Å². The smallest absolute Gasteiger partial charge is 0.238 e. The van der Waals surface area contributed by atoms with Gasteiger partial charge in [-0.15, -0.1) is 11.3 Å². The number of allylic oxidation sites excluding steroid dienone is 1. The van der Waals surface area contributed by atoms with Crippen molar-refractivity contribution in [1.29, 1.82) is 0 Å². The molecular formula is C26H24F2N4O3S. The first-order valence-corrected chi connectivity index (χ1v) is 12.0. The predicted molar refractivity (Wildman–Crippen MR) is 133 cm³/mol. The summed E-state index contributed by atoms with van der Waals surface area (Å²) in [4.78, 5) is 29.0. The first-order chi connectivity index (χ1) is 17.3. The van der Waals surface area contributed by atoms with E-state index in [4.69, 9.17) is 10.5 Å². The summed E-state index contributed by atoms with van der Waals surface area (Å²) in [7, 11) is 0. The third-order valence-corrected chi connectivity index (χ3v) is 6.32. The van der Waals surface area contributed by atoms with Crippen LogP contribution >= 0.6 is 11.3 Å². The van der Waals surface area contributed by atoms with E-state index in [-0.39, 0.29) is 46.5 Å². The number of benzene rings is 2. The summed E-state index contributed by atoms with van der Waals surface area (Å²) in [5.41, 5.74) is 11.7. The zero-order chi connectivity index (χ0) is 25.7. The van der Waals surface area contributed by atoms with Gasteiger partial charge in [0, 0.05) is 17.4 Å². The Hall–Kier alpha value is -3.89. The number of nitrogens with zero attached hydrogens (tertiary/aromatic N) is 1. The summed E-state index contributed by atoms with van der Waals surface area (Å²) in [6.07, 6.45) is 0.192. The maximum Gasteiger partial charge on any atom is 0.238 e. The Morgan fingerprint density at radius 2 is 1.89 bits per heavy atom. The van der Waals surface area contributed by atoms with Crippen LogP contribution in [0.25, 0.3) is 5.57 Å². The molecule has 1 aliphatic rings. The molecule has 0 radical (unpaired) electrons. The number of amides is 1. The number of alkyl halides is 2. The van der Waals surface area contributed by atoms with E-state index in [9.17, 15) is 14.0 Å². The van der Waals surface area contributed by atoms with Crippen molar-refractivity contribution < 1.29 is 23.1 Å². The van der Waals surface area contributed by atoms with Crippen LogP contribution in [0.5, 0.6) is 5.75 Å². The normalized spacial score (nSPS) is 19.2. The number of para-hydroxylation sites is 1. The summed E-state index contributed by atoms with van der Waals surface area (Å²) >= 11 is 0.960. The van der Waals surface area contributed by atoms with Gasteiger partial charge in [-0.2, -0.15) is 0 Å². The number of thiazole rings is 1. The number of hydrazine groups is 1. The van der Waals surface area contributed by atoms with Crippen LogP contribution in [0.15, 0.2) is 77.8 Å². The van der Waals surface area contributed by atoms with Crippen LogP contribution in [0.1, 0.15) is 40.0 Å². The topological polar surface area (TPSA) is 106 Å². The number of nitrogens with one attached hydrogen (secondary N) is 2. The fourth-order valence-corrected chi connectivity index (χ4v) is 4.31. The number of ketones is 1. The predicted octanol–water partition coefficient (Wildman–Crippen LogP) is 4.23. The van der Waals surface area contributed by atoms with Crippen LogP contribution in [-0.4, -0.2) is 28.6 Å². The van der Waals surface area contributed by atoms with Gasteiger partial charge < -0.3 is 4.74 Å². The maximum atomic E-state index is 15.1. The first-order valence-electron chi connectivity index (χ1n) is 11.2. The molecular weight excluding hydrogens is 486 g/mol. The van der Waals surface area contributed by atoms with Gasteiger partial charge in [0.1, 0.15) is 23.1 Å². The Kier molecular flexibility index (Phi) is 7.56. The molecule has 36 heavy (non-hydrogen) atoms. The third kappa shape index (κ3) is 5.50. The highest BCUT2D eigenvalue weighted by atomic mass is 32.1. The van der Waals surface area contributed by atoms with Gasteiger partial charge in [0.25, 0.3) is 0 Å². The molecule has 0 fully saturated rings. The molecule has 3 aromatic rings. The highest BCUT2D eigenvalue weighted by Gasteiger charge is 2.43. The van der Waals surface area contributed by atoms with Gasteiger partial charge in [-0.1, -0.05) is 49.4 Å². The minimum Gasteiger partial charge on any atom is -0.488 e. The number of carbonyl (C=O) groups excluding carboxylic acids is 2. The molecule has 2 unspecified atom stereocenters. The lowest BCUT2D eigenvalue weighted by molar-refractivity contribution is -0.121. The lowest BCUT2D eigenvalue weighted by Gasteiger charge is -2.29. The number of halogens is 2. The Bertz CT molecular complexity index is 1320. The monoisotopic (exact) mass is 510 g/mol. The van der Waals surface area contributed by atoms with Crippen molar-refractivity contribution in [3.8, 4) is 5.75 Å². The lowest BCUT2D eigenvalue weighted by Crippen LogP contribution is -2.48. The average Bonchev–Trinajstić information content (AvgIpc) is 3.38. The van der Waals surface area contributed by atoms with Gasteiger partial charge >= 0.3 is 0 Å². The second-order valence-corrected chi connectivity index (χ2v) is 8.87. The van der Waals surface area contributed by atoms with Crippen molar-refractivity contribution >= 4 is 28.6 Å². The Morgan fingerprint density at radius 1 is 1.17 bits per heavy atom. The fourth-order valence-electron chi connectivity index (χ4n) is 3.43. The molecule has 0 aliphatic heterocycles. The number of carbonyl (C=O) groups is 2. The van der Waals surface area contributed by atoms with Crippen LogP contribution in [0.2, 0.25) is 0 Å². The summed E-state index contributed by atoms with van der Waals surface area (Å²) in [5.74, 6) is -3.25. The zero-order valence-corrected chi connectivity index (χ0v) is 20.1. The Labute approximate surface area is 210 Å². The highest BCUT2D eigenvalue weighted by Crippen LogP contribution is 2.38. The lowest BCUT2D eigenvalue weighted by atomic mass is 9.94. The molecule has 0 spiro atoms. The van der Waals surface area contributed by atoms with Crippen LogP contribution in [-0.2, 0) is 11.4 Å². The summed E-state index contributed by atoms with van der Waals surface area (Å²) < 4.78 is 35.6. The number of hydrogen-bond donors (Lipinski definition) is 3. The summed E-state index contributed by atoms with van der Waals surface area (Å²) in [6, 6.07) is 16.3. The number of ether oxygens (including phenoxy) is 1. The van der Waals surface area contributed by atoms with Crippen LogP contribution in [0, 0.1) is 0 Å². The van der Waals surface area contributed by atoms with Gasteiger partial charge in [-0.05, 0) is 29.8 Å². The van der Waals surface area contributed by atoms with E-state index in [2.05, 4.69) is 15.8 Å². The molecule has 2 aromatic carbocycles. The van der Waals surface area contributed by atoms with Crippen molar-refractivity contribution in [2.75, 3.05) is 0 Å². The molecule has 0 bridgehead atoms. The number of nitrogens with two attached hydrogens (primary N) is 1. The largest absolute Gasteiger partial charge is 0.488 e. The minimum absolute atomic E-state index is 0.0428. The Morgan fingerprint density at radius 3 is 2.64 bits per heavy atom. The van der Waals surface area contributed by atoms with Crippen LogP contribution < -0.4 is 21.3 Å². The number of aromatic nitrogens is 1. The molecule has 4 N–H and O–H groups in total.